The van der Waals surface area contributed by atoms with Gasteiger partial charge in [-0.2, -0.15) is 0 Å². The number of carbonyl (C=O) groups excluding carboxylic acids is 3. The van der Waals surface area contributed by atoms with Crippen LogP contribution >= 0.6 is 0 Å². The summed E-state index contributed by atoms with van der Waals surface area (Å²) >= 11 is 0. The Hall–Kier alpha value is -3.61. The van der Waals surface area contributed by atoms with E-state index in [1.807, 2.05) is 12.1 Å². The van der Waals surface area contributed by atoms with E-state index in [4.69, 9.17) is 9.47 Å². The topological polar surface area (TPSA) is 84.9 Å². The van der Waals surface area contributed by atoms with Crippen molar-refractivity contribution >= 4 is 29.0 Å². The summed E-state index contributed by atoms with van der Waals surface area (Å²) < 4.78 is 10.9. The molecular formula is C27H30N2O5. The second-order valence-electron chi connectivity index (χ2n) is 9.62. The van der Waals surface area contributed by atoms with E-state index in [0.717, 1.165) is 11.3 Å². The summed E-state index contributed by atoms with van der Waals surface area (Å²) in [5, 5.41) is 2.74. The first kappa shape index (κ1) is 23.5. The molecule has 1 atom stereocenters. The highest BCUT2D eigenvalue weighted by atomic mass is 16.5. The Morgan fingerprint density at radius 2 is 1.74 bits per heavy atom. The lowest BCUT2D eigenvalue weighted by atomic mass is 9.69. The maximum absolute atomic E-state index is 13.6. The molecule has 178 valence electrons. The Bertz CT molecular complexity index is 1180. The third-order valence-electron chi connectivity index (χ3n) is 6.40. The normalized spacial score (nSPS) is 19.6. The molecule has 0 spiro atoms. The maximum atomic E-state index is 13.6. The zero-order valence-electron chi connectivity index (χ0n) is 20.2. The molecule has 0 saturated carbocycles. The highest BCUT2D eigenvalue weighted by Gasteiger charge is 2.45. The van der Waals surface area contributed by atoms with Gasteiger partial charge in [0.15, 0.2) is 5.78 Å². The van der Waals surface area contributed by atoms with E-state index in [-0.39, 0.29) is 35.4 Å². The lowest BCUT2D eigenvalue weighted by molar-refractivity contribution is -0.121. The van der Waals surface area contributed by atoms with Crippen LogP contribution < -0.4 is 19.7 Å². The van der Waals surface area contributed by atoms with Gasteiger partial charge in [0.25, 0.3) is 0 Å². The van der Waals surface area contributed by atoms with Crippen molar-refractivity contribution < 1.29 is 23.9 Å². The first-order valence-electron chi connectivity index (χ1n) is 11.3. The van der Waals surface area contributed by atoms with Gasteiger partial charge in [-0.15, -0.1) is 0 Å². The number of amides is 2. The van der Waals surface area contributed by atoms with Crippen LogP contribution in [-0.2, 0) is 14.4 Å². The summed E-state index contributed by atoms with van der Waals surface area (Å²) in [5.41, 5.74) is 3.28. The van der Waals surface area contributed by atoms with Gasteiger partial charge in [0, 0.05) is 60.0 Å². The largest absolute Gasteiger partial charge is 0.497 e. The molecule has 0 radical (unpaired) electrons. The Balaban J connectivity index is 1.84. The molecule has 1 heterocycles. The fraction of sp³-hybridized carbons (Fsp3) is 0.370. The van der Waals surface area contributed by atoms with Gasteiger partial charge in [0.1, 0.15) is 11.5 Å². The van der Waals surface area contributed by atoms with Crippen LogP contribution in [0.1, 0.15) is 51.5 Å². The summed E-state index contributed by atoms with van der Waals surface area (Å²) in [5.74, 6) is 0.661. The Kier molecular flexibility index (Phi) is 6.21. The summed E-state index contributed by atoms with van der Waals surface area (Å²) in [6.07, 6.45) is 1.17. The third kappa shape index (κ3) is 4.42. The molecule has 34 heavy (non-hydrogen) atoms. The average Bonchev–Trinajstić information content (AvgIpc) is 2.77. The second-order valence-corrected chi connectivity index (χ2v) is 9.62. The van der Waals surface area contributed by atoms with E-state index in [1.165, 1.54) is 6.92 Å². The zero-order valence-corrected chi connectivity index (χ0v) is 20.2. The SMILES string of the molecule is COc1ccc(C2CC(=O)N(c3ccc(NC(C)=O)cc3)C3=C2C(=O)CC(C)(C)C3)c(OC)c1. The van der Waals surface area contributed by atoms with E-state index in [1.54, 1.807) is 49.5 Å². The molecule has 0 bridgehead atoms. The van der Waals surface area contributed by atoms with Gasteiger partial charge in [-0.3, -0.25) is 19.3 Å². The molecule has 0 saturated heterocycles. The lowest BCUT2D eigenvalue weighted by Gasteiger charge is -2.43. The maximum Gasteiger partial charge on any atom is 0.232 e. The predicted octanol–water partition coefficient (Wildman–Crippen LogP) is 4.83. The molecular weight excluding hydrogens is 432 g/mol. The number of methoxy groups -OCH3 is 2. The number of benzene rings is 2. The van der Waals surface area contributed by atoms with Gasteiger partial charge >= 0.3 is 0 Å². The molecule has 2 aliphatic rings. The average molecular weight is 463 g/mol. The van der Waals surface area contributed by atoms with E-state index < -0.39 is 0 Å². The van der Waals surface area contributed by atoms with Crippen molar-refractivity contribution in [3.05, 3.63) is 59.3 Å². The van der Waals surface area contributed by atoms with Crippen molar-refractivity contribution in [2.24, 2.45) is 5.41 Å². The van der Waals surface area contributed by atoms with Crippen LogP contribution in [0.4, 0.5) is 11.4 Å². The summed E-state index contributed by atoms with van der Waals surface area (Å²) in [6, 6.07) is 12.6. The number of nitrogens with zero attached hydrogens (tertiary/aromatic N) is 1. The van der Waals surface area contributed by atoms with E-state index in [2.05, 4.69) is 19.2 Å². The van der Waals surface area contributed by atoms with Crippen LogP contribution in [0.5, 0.6) is 11.5 Å². The fourth-order valence-electron chi connectivity index (χ4n) is 4.98. The van der Waals surface area contributed by atoms with Crippen molar-refractivity contribution in [3.63, 3.8) is 0 Å². The monoisotopic (exact) mass is 462 g/mol. The molecule has 7 nitrogen and oxygen atoms in total. The number of anilines is 2. The van der Waals surface area contributed by atoms with Gasteiger partial charge in [0.05, 0.1) is 14.2 Å². The molecule has 2 aromatic rings. The van der Waals surface area contributed by atoms with Crippen molar-refractivity contribution in [1.82, 2.24) is 0 Å². The van der Waals surface area contributed by atoms with Crippen LogP contribution in [0, 0.1) is 5.41 Å². The van der Waals surface area contributed by atoms with E-state index in [0.29, 0.717) is 41.3 Å². The van der Waals surface area contributed by atoms with Crippen LogP contribution in [0.3, 0.4) is 0 Å². The smallest absolute Gasteiger partial charge is 0.232 e. The second kappa shape index (κ2) is 8.97. The molecule has 1 unspecified atom stereocenters. The molecule has 1 N–H and O–H groups in total. The Morgan fingerprint density at radius 1 is 1.03 bits per heavy atom. The molecule has 4 rings (SSSR count). The van der Waals surface area contributed by atoms with Gasteiger partial charge in [-0.05, 0) is 42.2 Å². The van der Waals surface area contributed by atoms with E-state index >= 15 is 0 Å². The fourth-order valence-corrected chi connectivity index (χ4v) is 4.98. The van der Waals surface area contributed by atoms with E-state index in [9.17, 15) is 14.4 Å². The zero-order chi connectivity index (χ0) is 24.6. The number of rotatable bonds is 5. The van der Waals surface area contributed by atoms with Crippen molar-refractivity contribution in [1.29, 1.82) is 0 Å². The van der Waals surface area contributed by atoms with Crippen LogP contribution in [-0.4, -0.2) is 31.8 Å². The van der Waals surface area contributed by atoms with Gasteiger partial charge in [-0.25, -0.2) is 0 Å². The number of hydrogen-bond acceptors (Lipinski definition) is 5. The quantitative estimate of drug-likeness (QED) is 0.688. The van der Waals surface area contributed by atoms with Gasteiger partial charge in [0.2, 0.25) is 11.8 Å². The number of ether oxygens (including phenoxy) is 2. The molecule has 2 amide bonds. The molecule has 2 aromatic carbocycles. The molecule has 7 heteroatoms. The first-order valence-corrected chi connectivity index (χ1v) is 11.3. The predicted molar refractivity (Wildman–Crippen MR) is 130 cm³/mol. The van der Waals surface area contributed by atoms with Crippen molar-refractivity contribution in [3.8, 4) is 11.5 Å². The number of ketones is 1. The first-order chi connectivity index (χ1) is 16.1. The van der Waals surface area contributed by atoms with Crippen LogP contribution in [0.2, 0.25) is 0 Å². The molecule has 0 aromatic heterocycles. The van der Waals surface area contributed by atoms with Crippen LogP contribution in [0.15, 0.2) is 53.7 Å². The molecule has 1 aliphatic heterocycles. The van der Waals surface area contributed by atoms with Crippen LogP contribution in [0.25, 0.3) is 0 Å². The Labute approximate surface area is 199 Å². The number of Topliss-reactive ketones (excluding diaryl/α,β-unsaturated/α-hetero) is 1. The Morgan fingerprint density at radius 3 is 2.35 bits per heavy atom. The van der Waals surface area contributed by atoms with Gasteiger partial charge < -0.3 is 14.8 Å². The minimum Gasteiger partial charge on any atom is -0.497 e. The summed E-state index contributed by atoms with van der Waals surface area (Å²) in [7, 11) is 3.16. The van der Waals surface area contributed by atoms with Gasteiger partial charge in [-0.1, -0.05) is 19.9 Å². The lowest BCUT2D eigenvalue weighted by Crippen LogP contribution is -2.43. The minimum atomic E-state index is -0.387. The number of allylic oxidation sites excluding steroid dienone is 2. The number of hydrogen-bond donors (Lipinski definition) is 1. The highest BCUT2D eigenvalue weighted by Crippen LogP contribution is 2.49. The number of carbonyl (C=O) groups is 3. The van der Waals surface area contributed by atoms with Crippen molar-refractivity contribution in [2.45, 2.75) is 46.0 Å². The molecule has 0 fully saturated rings. The summed E-state index contributed by atoms with van der Waals surface area (Å²) in [6.45, 7) is 5.55. The number of nitrogens with one attached hydrogen (secondary N) is 1. The standard InChI is InChI=1S/C27H30N2O5/c1-16(30)28-17-6-8-18(9-7-17)29-22-14-27(2,3)15-23(31)26(22)21(13-25(29)32)20-11-10-19(33-4)12-24(20)34-5/h6-12,21H,13-15H2,1-5H3,(H,28,30). The molecule has 1 aliphatic carbocycles. The summed E-state index contributed by atoms with van der Waals surface area (Å²) in [4.78, 5) is 40.1. The highest BCUT2D eigenvalue weighted by molar-refractivity contribution is 6.08. The minimum absolute atomic E-state index is 0.0569. The third-order valence-corrected chi connectivity index (χ3v) is 6.40. The van der Waals surface area contributed by atoms with Crippen molar-refractivity contribution in [2.75, 3.05) is 24.4 Å².